The summed E-state index contributed by atoms with van der Waals surface area (Å²) < 4.78 is 18.0. The molecule has 0 aromatic heterocycles. The fraction of sp³-hybridized carbons (Fsp3) is 0.429. The molecule has 0 amide bonds. The molecule has 0 saturated heterocycles. The summed E-state index contributed by atoms with van der Waals surface area (Å²) in [7, 11) is 0. The summed E-state index contributed by atoms with van der Waals surface area (Å²) in [4.78, 5) is 0. The van der Waals surface area contributed by atoms with Crippen molar-refractivity contribution in [2.45, 2.75) is 25.8 Å². The molecule has 3 heteroatoms. The Labute approximate surface area is 102 Å². The zero-order chi connectivity index (χ0) is 12.5. The van der Waals surface area contributed by atoms with E-state index in [2.05, 4.69) is 18.8 Å². The van der Waals surface area contributed by atoms with Crippen molar-refractivity contribution in [3.63, 3.8) is 0 Å². The molecule has 2 nitrogen and oxygen atoms in total. The molecule has 0 aliphatic rings. The fourth-order valence-corrected chi connectivity index (χ4v) is 1.68. The Morgan fingerprint density at radius 3 is 3.06 bits per heavy atom. The highest BCUT2D eigenvalue weighted by atomic mass is 19.1. The molecule has 1 rings (SSSR count). The first-order valence-electron chi connectivity index (χ1n) is 5.92. The van der Waals surface area contributed by atoms with E-state index in [-0.39, 0.29) is 5.82 Å². The summed E-state index contributed by atoms with van der Waals surface area (Å²) in [6.45, 7) is 7.15. The van der Waals surface area contributed by atoms with Gasteiger partial charge >= 0.3 is 0 Å². The van der Waals surface area contributed by atoms with E-state index in [9.17, 15) is 4.39 Å². The summed E-state index contributed by atoms with van der Waals surface area (Å²) in [5.41, 5.74) is 1.02. The van der Waals surface area contributed by atoms with E-state index >= 15 is 0 Å². The Balaban J connectivity index is 2.20. The van der Waals surface area contributed by atoms with E-state index in [0.717, 1.165) is 24.9 Å². The predicted octanol–water partition coefficient (Wildman–Crippen LogP) is 2.90. The third-order valence-electron chi connectivity index (χ3n) is 2.48. The van der Waals surface area contributed by atoms with Crippen LogP contribution in [0, 0.1) is 5.82 Å². The Kier molecular flexibility index (Phi) is 6.33. The maximum absolute atomic E-state index is 13.0. The van der Waals surface area contributed by atoms with Crippen molar-refractivity contribution < 1.29 is 9.13 Å². The lowest BCUT2D eigenvalue weighted by molar-refractivity contribution is 0.243. The molecular weight excluding hydrogens is 217 g/mol. The molecule has 0 radical (unpaired) electrons. The minimum Gasteiger partial charge on any atom is -0.502 e. The number of nitrogens with one attached hydrogen (secondary N) is 1. The molecule has 0 fully saturated rings. The van der Waals surface area contributed by atoms with E-state index in [4.69, 9.17) is 4.74 Å². The van der Waals surface area contributed by atoms with Crippen molar-refractivity contribution in [2.75, 3.05) is 13.2 Å². The van der Waals surface area contributed by atoms with Crippen LogP contribution in [0.3, 0.4) is 0 Å². The largest absolute Gasteiger partial charge is 0.502 e. The van der Waals surface area contributed by atoms with Gasteiger partial charge in [0, 0.05) is 6.04 Å². The molecule has 1 N–H and O–H groups in total. The van der Waals surface area contributed by atoms with Crippen molar-refractivity contribution in [2.24, 2.45) is 0 Å². The first-order valence-corrected chi connectivity index (χ1v) is 5.92. The minimum absolute atomic E-state index is 0.172. The van der Waals surface area contributed by atoms with Gasteiger partial charge in [0.2, 0.25) is 0 Å². The smallest absolute Gasteiger partial charge is 0.123 e. The Morgan fingerprint density at radius 1 is 1.53 bits per heavy atom. The highest BCUT2D eigenvalue weighted by Gasteiger charge is 2.03. The van der Waals surface area contributed by atoms with Crippen LogP contribution in [0.1, 0.15) is 18.9 Å². The molecule has 0 aliphatic heterocycles. The average molecular weight is 237 g/mol. The number of hydrogen-bond acceptors (Lipinski definition) is 2. The van der Waals surface area contributed by atoms with E-state index in [1.807, 2.05) is 6.07 Å². The number of halogens is 1. The van der Waals surface area contributed by atoms with Crippen molar-refractivity contribution in [3.8, 4) is 0 Å². The van der Waals surface area contributed by atoms with Crippen LogP contribution in [0.4, 0.5) is 4.39 Å². The summed E-state index contributed by atoms with van der Waals surface area (Å²) in [5.74, 6) is -0.172. The molecule has 1 atom stereocenters. The molecule has 94 valence electrons. The lowest BCUT2D eigenvalue weighted by Crippen LogP contribution is -2.29. The first kappa shape index (κ1) is 13.7. The van der Waals surface area contributed by atoms with Crippen LogP contribution in [0.15, 0.2) is 37.1 Å². The van der Waals surface area contributed by atoms with E-state index in [0.29, 0.717) is 12.6 Å². The number of rotatable bonds is 8. The van der Waals surface area contributed by atoms with Gasteiger partial charge < -0.3 is 10.1 Å². The van der Waals surface area contributed by atoms with Crippen LogP contribution in [-0.2, 0) is 11.2 Å². The highest BCUT2D eigenvalue weighted by molar-refractivity contribution is 5.17. The minimum atomic E-state index is -0.172. The van der Waals surface area contributed by atoms with E-state index in [1.54, 1.807) is 12.1 Å². The number of hydrogen-bond donors (Lipinski definition) is 1. The van der Waals surface area contributed by atoms with Crippen molar-refractivity contribution in [1.82, 2.24) is 5.32 Å². The van der Waals surface area contributed by atoms with Gasteiger partial charge in [0.1, 0.15) is 5.82 Å². The van der Waals surface area contributed by atoms with Crippen LogP contribution in [0.2, 0.25) is 0 Å². The molecule has 0 bridgehead atoms. The van der Waals surface area contributed by atoms with Gasteiger partial charge in [-0.1, -0.05) is 18.7 Å². The number of ether oxygens (including phenoxy) is 1. The lowest BCUT2D eigenvalue weighted by Gasteiger charge is -2.13. The second-order valence-electron chi connectivity index (χ2n) is 4.08. The molecule has 0 heterocycles. The van der Waals surface area contributed by atoms with Gasteiger partial charge in [0.05, 0.1) is 12.9 Å². The van der Waals surface area contributed by atoms with Crippen LogP contribution in [0.25, 0.3) is 0 Å². The second-order valence-corrected chi connectivity index (χ2v) is 4.08. The van der Waals surface area contributed by atoms with Crippen LogP contribution < -0.4 is 5.32 Å². The summed E-state index contributed by atoms with van der Waals surface area (Å²) in [6, 6.07) is 7.07. The fourth-order valence-electron chi connectivity index (χ4n) is 1.68. The SMILES string of the molecule is C=COCCCNC(C)Cc1cccc(F)c1. The molecule has 17 heavy (non-hydrogen) atoms. The summed E-state index contributed by atoms with van der Waals surface area (Å²) in [5, 5.41) is 3.37. The van der Waals surface area contributed by atoms with Crippen LogP contribution in [0.5, 0.6) is 0 Å². The molecular formula is C14H20FNO. The van der Waals surface area contributed by atoms with Crippen LogP contribution in [-0.4, -0.2) is 19.2 Å². The maximum Gasteiger partial charge on any atom is 0.123 e. The second kappa shape index (κ2) is 7.85. The zero-order valence-corrected chi connectivity index (χ0v) is 10.3. The third kappa shape index (κ3) is 6.07. The Bertz CT molecular complexity index is 341. The maximum atomic E-state index is 13.0. The Morgan fingerprint density at radius 2 is 2.35 bits per heavy atom. The van der Waals surface area contributed by atoms with E-state index < -0.39 is 0 Å². The van der Waals surface area contributed by atoms with Crippen molar-refractivity contribution in [1.29, 1.82) is 0 Å². The van der Waals surface area contributed by atoms with Gasteiger partial charge in [0.25, 0.3) is 0 Å². The first-order chi connectivity index (χ1) is 8.22. The number of benzene rings is 1. The summed E-state index contributed by atoms with van der Waals surface area (Å²) in [6.07, 6.45) is 3.23. The molecule has 1 unspecified atom stereocenters. The van der Waals surface area contributed by atoms with Gasteiger partial charge in [-0.2, -0.15) is 0 Å². The van der Waals surface area contributed by atoms with Crippen molar-refractivity contribution in [3.05, 3.63) is 48.5 Å². The summed E-state index contributed by atoms with van der Waals surface area (Å²) >= 11 is 0. The van der Waals surface area contributed by atoms with Gasteiger partial charge in [-0.15, -0.1) is 0 Å². The normalized spacial score (nSPS) is 12.1. The van der Waals surface area contributed by atoms with Crippen molar-refractivity contribution >= 4 is 0 Å². The monoisotopic (exact) mass is 237 g/mol. The third-order valence-corrected chi connectivity index (χ3v) is 2.48. The zero-order valence-electron chi connectivity index (χ0n) is 10.3. The Hall–Kier alpha value is -1.35. The molecule has 0 aliphatic carbocycles. The van der Waals surface area contributed by atoms with Gasteiger partial charge in [-0.05, 0) is 44.0 Å². The van der Waals surface area contributed by atoms with Gasteiger partial charge in [0.15, 0.2) is 0 Å². The average Bonchev–Trinajstić information content (AvgIpc) is 2.29. The van der Waals surface area contributed by atoms with E-state index in [1.165, 1.54) is 12.3 Å². The topological polar surface area (TPSA) is 21.3 Å². The lowest BCUT2D eigenvalue weighted by atomic mass is 10.1. The van der Waals surface area contributed by atoms with Crippen LogP contribution >= 0.6 is 0 Å². The molecule has 1 aromatic rings. The molecule has 1 aromatic carbocycles. The van der Waals surface area contributed by atoms with Gasteiger partial charge in [-0.3, -0.25) is 0 Å². The highest BCUT2D eigenvalue weighted by Crippen LogP contribution is 2.06. The standard InChI is InChI=1S/C14H20FNO/c1-3-17-9-5-8-16-12(2)10-13-6-4-7-14(15)11-13/h3-4,6-7,11-12,16H,1,5,8-10H2,2H3. The quantitative estimate of drug-likeness (QED) is 0.554. The molecule has 0 spiro atoms. The predicted molar refractivity (Wildman–Crippen MR) is 68.3 cm³/mol. The van der Waals surface area contributed by atoms with Gasteiger partial charge in [-0.25, -0.2) is 4.39 Å². The molecule has 0 saturated carbocycles.